The molecule has 1 aromatic rings. The van der Waals surface area contributed by atoms with Gasteiger partial charge in [-0.3, -0.25) is 14.6 Å². The average Bonchev–Trinajstić information content (AvgIpc) is 2.91. The Hall–Kier alpha value is -1.43. The second-order valence-electron chi connectivity index (χ2n) is 7.52. The molecule has 2 aliphatic heterocycles. The standard InChI is InChI=1S/C20H31N3O2/c1-17-13-21(14-18-7-3-2-4-8-18)10-6-12-22(17)15-19(24)16-23-11-5-9-20(23)25/h2-4,7-8,17,19,24H,5-6,9-16H2,1H3. The molecule has 2 aliphatic rings. The van der Waals surface area contributed by atoms with Crippen molar-refractivity contribution in [1.82, 2.24) is 14.7 Å². The lowest BCUT2D eigenvalue weighted by Crippen LogP contribution is -2.45. The van der Waals surface area contributed by atoms with Crippen LogP contribution in [0.25, 0.3) is 0 Å². The van der Waals surface area contributed by atoms with Crippen LogP contribution in [0.2, 0.25) is 0 Å². The molecule has 2 saturated heterocycles. The normalized spacial score (nSPS) is 24.5. The van der Waals surface area contributed by atoms with Crippen LogP contribution < -0.4 is 0 Å². The van der Waals surface area contributed by atoms with Gasteiger partial charge < -0.3 is 10.0 Å². The second-order valence-corrected chi connectivity index (χ2v) is 7.52. The molecule has 25 heavy (non-hydrogen) atoms. The zero-order chi connectivity index (χ0) is 17.6. The number of aliphatic hydroxyl groups excluding tert-OH is 1. The van der Waals surface area contributed by atoms with Gasteiger partial charge in [0.2, 0.25) is 5.91 Å². The molecule has 2 atom stereocenters. The van der Waals surface area contributed by atoms with Gasteiger partial charge in [0.05, 0.1) is 6.10 Å². The third-order valence-corrected chi connectivity index (χ3v) is 5.36. The summed E-state index contributed by atoms with van der Waals surface area (Å²) >= 11 is 0. The van der Waals surface area contributed by atoms with Crippen molar-refractivity contribution in [2.24, 2.45) is 0 Å². The van der Waals surface area contributed by atoms with Crippen LogP contribution in [0.15, 0.2) is 30.3 Å². The number of amides is 1. The van der Waals surface area contributed by atoms with Gasteiger partial charge in [0.15, 0.2) is 0 Å². The summed E-state index contributed by atoms with van der Waals surface area (Å²) in [7, 11) is 0. The molecule has 0 aliphatic carbocycles. The molecule has 3 rings (SSSR count). The van der Waals surface area contributed by atoms with Crippen LogP contribution in [0.1, 0.15) is 31.7 Å². The van der Waals surface area contributed by atoms with Crippen molar-refractivity contribution in [2.45, 2.75) is 44.9 Å². The molecule has 2 heterocycles. The summed E-state index contributed by atoms with van der Waals surface area (Å²) in [5.41, 5.74) is 1.36. The highest BCUT2D eigenvalue weighted by Crippen LogP contribution is 2.15. The minimum atomic E-state index is -0.454. The zero-order valence-corrected chi connectivity index (χ0v) is 15.3. The maximum Gasteiger partial charge on any atom is 0.222 e. The van der Waals surface area contributed by atoms with Gasteiger partial charge in [-0.05, 0) is 38.4 Å². The Morgan fingerprint density at radius 1 is 1.12 bits per heavy atom. The van der Waals surface area contributed by atoms with Crippen molar-refractivity contribution >= 4 is 5.91 Å². The molecule has 0 bridgehead atoms. The van der Waals surface area contributed by atoms with Crippen molar-refractivity contribution in [3.63, 3.8) is 0 Å². The summed E-state index contributed by atoms with van der Waals surface area (Å²) in [6, 6.07) is 11.0. The summed E-state index contributed by atoms with van der Waals surface area (Å²) in [5.74, 6) is 0.192. The maximum absolute atomic E-state index is 11.7. The van der Waals surface area contributed by atoms with E-state index in [1.54, 1.807) is 0 Å². The molecule has 2 fully saturated rings. The largest absolute Gasteiger partial charge is 0.390 e. The molecule has 2 unspecified atom stereocenters. The topological polar surface area (TPSA) is 47.0 Å². The lowest BCUT2D eigenvalue weighted by Gasteiger charge is -2.31. The van der Waals surface area contributed by atoms with Crippen molar-refractivity contribution in [3.05, 3.63) is 35.9 Å². The van der Waals surface area contributed by atoms with Crippen LogP contribution in [0, 0.1) is 0 Å². The molecule has 1 amide bonds. The number of rotatable bonds is 6. The van der Waals surface area contributed by atoms with E-state index in [0.29, 0.717) is 25.6 Å². The van der Waals surface area contributed by atoms with Crippen LogP contribution in [0.5, 0.6) is 0 Å². The Morgan fingerprint density at radius 3 is 2.64 bits per heavy atom. The second kappa shape index (κ2) is 8.79. The highest BCUT2D eigenvalue weighted by Gasteiger charge is 2.26. The summed E-state index contributed by atoms with van der Waals surface area (Å²) in [4.78, 5) is 18.4. The molecule has 0 aromatic heterocycles. The minimum absolute atomic E-state index is 0.192. The monoisotopic (exact) mass is 345 g/mol. The molecule has 138 valence electrons. The zero-order valence-electron chi connectivity index (χ0n) is 15.3. The predicted octanol–water partition coefficient (Wildman–Crippen LogP) is 1.57. The van der Waals surface area contributed by atoms with E-state index in [1.807, 2.05) is 4.90 Å². The quantitative estimate of drug-likeness (QED) is 0.850. The van der Waals surface area contributed by atoms with Gasteiger partial charge in [-0.15, -0.1) is 0 Å². The Balaban J connectivity index is 1.49. The lowest BCUT2D eigenvalue weighted by molar-refractivity contribution is -0.129. The molecular formula is C20H31N3O2. The third kappa shape index (κ3) is 5.27. The number of benzene rings is 1. The summed E-state index contributed by atoms with van der Waals surface area (Å²) in [6.07, 6.45) is 2.23. The molecule has 0 spiro atoms. The number of likely N-dealkylation sites (tertiary alicyclic amines) is 1. The van der Waals surface area contributed by atoms with Crippen LogP contribution >= 0.6 is 0 Å². The van der Waals surface area contributed by atoms with Crippen molar-refractivity contribution in [1.29, 1.82) is 0 Å². The average molecular weight is 345 g/mol. The van der Waals surface area contributed by atoms with Crippen LogP contribution in [-0.2, 0) is 11.3 Å². The van der Waals surface area contributed by atoms with Gasteiger partial charge in [-0.25, -0.2) is 0 Å². The first-order valence-corrected chi connectivity index (χ1v) is 9.58. The number of carbonyl (C=O) groups excluding carboxylic acids is 1. The van der Waals surface area contributed by atoms with Gasteiger partial charge >= 0.3 is 0 Å². The lowest BCUT2D eigenvalue weighted by atomic mass is 10.2. The molecule has 0 saturated carbocycles. The van der Waals surface area contributed by atoms with E-state index >= 15 is 0 Å². The highest BCUT2D eigenvalue weighted by molar-refractivity contribution is 5.78. The summed E-state index contributed by atoms with van der Waals surface area (Å²) in [6.45, 7) is 8.30. The third-order valence-electron chi connectivity index (χ3n) is 5.36. The minimum Gasteiger partial charge on any atom is -0.390 e. The van der Waals surface area contributed by atoms with Gasteiger partial charge in [-0.2, -0.15) is 0 Å². The fourth-order valence-corrected chi connectivity index (χ4v) is 4.03. The highest BCUT2D eigenvalue weighted by atomic mass is 16.3. The Labute approximate surface area is 151 Å². The van der Waals surface area contributed by atoms with E-state index in [2.05, 4.69) is 47.1 Å². The number of aliphatic hydroxyl groups is 1. The molecule has 5 heteroatoms. The van der Waals surface area contributed by atoms with E-state index in [4.69, 9.17) is 0 Å². The SMILES string of the molecule is CC1CN(Cc2ccccc2)CCCN1CC(O)CN1CCCC1=O. The first kappa shape index (κ1) is 18.4. The molecule has 1 N–H and O–H groups in total. The number of carbonyl (C=O) groups is 1. The first-order valence-electron chi connectivity index (χ1n) is 9.58. The smallest absolute Gasteiger partial charge is 0.222 e. The van der Waals surface area contributed by atoms with Gasteiger partial charge in [0, 0.05) is 45.2 Å². The van der Waals surface area contributed by atoms with E-state index in [9.17, 15) is 9.90 Å². The fraction of sp³-hybridized carbons (Fsp3) is 0.650. The molecular weight excluding hydrogens is 314 g/mol. The van der Waals surface area contributed by atoms with Crippen LogP contribution in [0.4, 0.5) is 0 Å². The van der Waals surface area contributed by atoms with E-state index in [0.717, 1.165) is 45.6 Å². The Kier molecular flexibility index (Phi) is 6.45. The van der Waals surface area contributed by atoms with E-state index < -0.39 is 6.10 Å². The summed E-state index contributed by atoms with van der Waals surface area (Å²) in [5, 5.41) is 10.4. The van der Waals surface area contributed by atoms with Gasteiger partial charge in [0.25, 0.3) is 0 Å². The fourth-order valence-electron chi connectivity index (χ4n) is 4.03. The molecule has 1 aromatic carbocycles. The Bertz CT molecular complexity index is 551. The van der Waals surface area contributed by atoms with Crippen LogP contribution in [0.3, 0.4) is 0 Å². The molecule has 0 radical (unpaired) electrons. The summed E-state index contributed by atoms with van der Waals surface area (Å²) < 4.78 is 0. The number of β-amino-alcohol motifs (C(OH)–C–C–N with tert-alkyl or cyclic N) is 1. The van der Waals surface area contributed by atoms with Gasteiger partial charge in [0.1, 0.15) is 0 Å². The number of hydrogen-bond donors (Lipinski definition) is 1. The van der Waals surface area contributed by atoms with Crippen molar-refractivity contribution in [3.8, 4) is 0 Å². The maximum atomic E-state index is 11.7. The van der Waals surface area contributed by atoms with Crippen molar-refractivity contribution in [2.75, 3.05) is 39.3 Å². The number of nitrogens with zero attached hydrogens (tertiary/aromatic N) is 3. The van der Waals surface area contributed by atoms with E-state index in [-0.39, 0.29) is 5.91 Å². The van der Waals surface area contributed by atoms with Crippen molar-refractivity contribution < 1.29 is 9.90 Å². The number of hydrogen-bond acceptors (Lipinski definition) is 4. The van der Waals surface area contributed by atoms with E-state index in [1.165, 1.54) is 5.56 Å². The van der Waals surface area contributed by atoms with Crippen LogP contribution in [-0.4, -0.2) is 77.1 Å². The van der Waals surface area contributed by atoms with Gasteiger partial charge in [-0.1, -0.05) is 30.3 Å². The molecule has 5 nitrogen and oxygen atoms in total. The first-order chi connectivity index (χ1) is 12.1. The predicted molar refractivity (Wildman–Crippen MR) is 99.2 cm³/mol. The Morgan fingerprint density at radius 2 is 1.92 bits per heavy atom.